The van der Waals surface area contributed by atoms with E-state index in [1.54, 1.807) is 12.4 Å². The molecule has 1 N–H and O–H groups in total. The summed E-state index contributed by atoms with van der Waals surface area (Å²) < 4.78 is 1.93. The molecule has 0 bridgehead atoms. The standard InChI is InChI=1S/C12H17N7S/c1-2-14-10-7-13-8-11(15-10)20-12-16-17-18-19(12)9-5-3-4-6-9/h7-9H,2-6H2,1H3,(H,14,15). The summed E-state index contributed by atoms with van der Waals surface area (Å²) in [4.78, 5) is 8.67. The number of anilines is 1. The average Bonchev–Trinajstić information content (AvgIpc) is 3.10. The number of rotatable bonds is 5. The van der Waals surface area contributed by atoms with Crippen molar-refractivity contribution in [1.29, 1.82) is 0 Å². The van der Waals surface area contributed by atoms with Gasteiger partial charge >= 0.3 is 0 Å². The van der Waals surface area contributed by atoms with Crippen molar-refractivity contribution >= 4 is 17.6 Å². The Morgan fingerprint density at radius 1 is 1.35 bits per heavy atom. The van der Waals surface area contributed by atoms with Crippen LogP contribution in [0.15, 0.2) is 22.6 Å². The number of nitrogens with one attached hydrogen (secondary N) is 1. The average molecular weight is 291 g/mol. The minimum atomic E-state index is 0.428. The van der Waals surface area contributed by atoms with Crippen LogP contribution in [-0.4, -0.2) is 36.7 Å². The lowest BCUT2D eigenvalue weighted by Gasteiger charge is -2.10. The predicted octanol–water partition coefficient (Wildman–Crippen LogP) is 2.16. The zero-order valence-electron chi connectivity index (χ0n) is 11.4. The van der Waals surface area contributed by atoms with Crippen LogP contribution < -0.4 is 5.32 Å². The molecule has 2 aromatic rings. The van der Waals surface area contributed by atoms with Gasteiger partial charge in [-0.05, 0) is 42.0 Å². The highest BCUT2D eigenvalue weighted by atomic mass is 32.2. The zero-order chi connectivity index (χ0) is 13.8. The molecule has 106 valence electrons. The zero-order valence-corrected chi connectivity index (χ0v) is 12.2. The normalized spacial score (nSPS) is 15.7. The fourth-order valence-electron chi connectivity index (χ4n) is 2.39. The van der Waals surface area contributed by atoms with Crippen LogP contribution in [0.4, 0.5) is 5.82 Å². The third-order valence-corrected chi connectivity index (χ3v) is 4.16. The van der Waals surface area contributed by atoms with Gasteiger partial charge < -0.3 is 5.32 Å². The summed E-state index contributed by atoms with van der Waals surface area (Å²) in [6, 6.07) is 0.428. The first-order valence-electron chi connectivity index (χ1n) is 6.88. The first-order valence-corrected chi connectivity index (χ1v) is 7.70. The fraction of sp³-hybridized carbons (Fsp3) is 0.583. The van der Waals surface area contributed by atoms with E-state index in [1.807, 2.05) is 11.6 Å². The van der Waals surface area contributed by atoms with Crippen LogP contribution in [0, 0.1) is 0 Å². The first kappa shape index (κ1) is 13.3. The van der Waals surface area contributed by atoms with E-state index >= 15 is 0 Å². The lowest BCUT2D eigenvalue weighted by Crippen LogP contribution is -2.08. The maximum absolute atomic E-state index is 4.49. The van der Waals surface area contributed by atoms with Gasteiger partial charge in [0.15, 0.2) is 0 Å². The molecule has 1 fully saturated rings. The highest BCUT2D eigenvalue weighted by molar-refractivity contribution is 7.99. The van der Waals surface area contributed by atoms with Crippen LogP contribution in [-0.2, 0) is 0 Å². The lowest BCUT2D eigenvalue weighted by molar-refractivity contribution is 0.423. The van der Waals surface area contributed by atoms with E-state index < -0.39 is 0 Å². The molecule has 2 aromatic heterocycles. The van der Waals surface area contributed by atoms with Gasteiger partial charge in [0, 0.05) is 6.54 Å². The van der Waals surface area contributed by atoms with E-state index in [2.05, 4.69) is 30.8 Å². The van der Waals surface area contributed by atoms with Crippen molar-refractivity contribution in [2.24, 2.45) is 0 Å². The molecule has 8 heteroatoms. The Bertz CT molecular complexity index is 564. The summed E-state index contributed by atoms with van der Waals surface area (Å²) >= 11 is 1.46. The second-order valence-corrected chi connectivity index (χ2v) is 5.71. The minimum Gasteiger partial charge on any atom is -0.369 e. The Balaban J connectivity index is 1.77. The molecule has 0 spiro atoms. The number of aromatic nitrogens is 6. The van der Waals surface area contributed by atoms with E-state index in [4.69, 9.17) is 0 Å². The van der Waals surface area contributed by atoms with Crippen LogP contribution in [0.3, 0.4) is 0 Å². The highest BCUT2D eigenvalue weighted by Gasteiger charge is 2.22. The van der Waals surface area contributed by atoms with Crippen molar-refractivity contribution in [2.45, 2.75) is 48.8 Å². The van der Waals surface area contributed by atoms with Gasteiger partial charge in [-0.25, -0.2) is 9.67 Å². The van der Waals surface area contributed by atoms with Crippen molar-refractivity contribution in [3.05, 3.63) is 12.4 Å². The number of hydrogen-bond donors (Lipinski definition) is 1. The quantitative estimate of drug-likeness (QED) is 0.904. The molecule has 0 aromatic carbocycles. The molecule has 20 heavy (non-hydrogen) atoms. The summed E-state index contributed by atoms with van der Waals surface area (Å²) in [5.41, 5.74) is 0. The maximum atomic E-state index is 4.49. The van der Waals surface area contributed by atoms with E-state index in [0.717, 1.165) is 35.4 Å². The van der Waals surface area contributed by atoms with Gasteiger partial charge in [-0.2, -0.15) is 0 Å². The third-order valence-electron chi connectivity index (χ3n) is 3.30. The second-order valence-electron chi connectivity index (χ2n) is 4.72. The third kappa shape index (κ3) is 2.90. The van der Waals surface area contributed by atoms with Gasteiger partial charge in [0.2, 0.25) is 5.16 Å². The topological polar surface area (TPSA) is 81.4 Å². The Hall–Kier alpha value is -1.70. The second kappa shape index (κ2) is 6.17. The first-order chi connectivity index (χ1) is 9.86. The molecule has 1 saturated carbocycles. The number of tetrazole rings is 1. The van der Waals surface area contributed by atoms with E-state index in [9.17, 15) is 0 Å². The van der Waals surface area contributed by atoms with Crippen molar-refractivity contribution in [3.63, 3.8) is 0 Å². The molecular formula is C12H17N7S. The molecule has 0 unspecified atom stereocenters. The Morgan fingerprint density at radius 2 is 2.20 bits per heavy atom. The molecule has 3 rings (SSSR count). The Kier molecular flexibility index (Phi) is 4.10. The summed E-state index contributed by atoms with van der Waals surface area (Å²) in [6.07, 6.45) is 8.27. The summed E-state index contributed by atoms with van der Waals surface area (Å²) in [5, 5.41) is 16.8. The number of hydrogen-bond acceptors (Lipinski definition) is 7. The van der Waals surface area contributed by atoms with Crippen LogP contribution >= 0.6 is 11.8 Å². The van der Waals surface area contributed by atoms with Crippen molar-refractivity contribution in [2.75, 3.05) is 11.9 Å². The van der Waals surface area contributed by atoms with E-state index in [1.165, 1.54) is 24.6 Å². The predicted molar refractivity (Wildman–Crippen MR) is 75.6 cm³/mol. The lowest BCUT2D eigenvalue weighted by atomic mass is 10.3. The van der Waals surface area contributed by atoms with Crippen LogP contribution in [0.1, 0.15) is 38.6 Å². The monoisotopic (exact) mass is 291 g/mol. The Morgan fingerprint density at radius 3 is 3.00 bits per heavy atom. The van der Waals surface area contributed by atoms with Gasteiger partial charge in [-0.1, -0.05) is 12.8 Å². The van der Waals surface area contributed by atoms with Gasteiger partial charge in [-0.15, -0.1) is 5.10 Å². The fourth-order valence-corrected chi connectivity index (χ4v) is 3.19. The SMILES string of the molecule is CCNc1cncc(Sc2nnnn2C2CCCC2)n1. The van der Waals surface area contributed by atoms with Crippen molar-refractivity contribution in [1.82, 2.24) is 30.2 Å². The molecular weight excluding hydrogens is 274 g/mol. The van der Waals surface area contributed by atoms with E-state index in [-0.39, 0.29) is 0 Å². The molecule has 0 amide bonds. The van der Waals surface area contributed by atoms with Crippen LogP contribution in [0.2, 0.25) is 0 Å². The molecule has 0 atom stereocenters. The summed E-state index contributed by atoms with van der Waals surface area (Å²) in [5.74, 6) is 0.775. The Labute approximate surface area is 121 Å². The molecule has 0 radical (unpaired) electrons. The number of nitrogens with zero attached hydrogens (tertiary/aromatic N) is 6. The molecule has 0 saturated heterocycles. The van der Waals surface area contributed by atoms with Gasteiger partial charge in [0.1, 0.15) is 10.8 Å². The maximum Gasteiger partial charge on any atom is 0.215 e. The molecule has 7 nitrogen and oxygen atoms in total. The molecule has 2 heterocycles. The van der Waals surface area contributed by atoms with Crippen molar-refractivity contribution < 1.29 is 0 Å². The molecule has 0 aliphatic heterocycles. The van der Waals surface area contributed by atoms with Crippen molar-refractivity contribution in [3.8, 4) is 0 Å². The summed E-state index contributed by atoms with van der Waals surface area (Å²) in [6.45, 7) is 2.85. The summed E-state index contributed by atoms with van der Waals surface area (Å²) in [7, 11) is 0. The molecule has 1 aliphatic carbocycles. The smallest absolute Gasteiger partial charge is 0.215 e. The van der Waals surface area contributed by atoms with Gasteiger partial charge in [-0.3, -0.25) is 4.98 Å². The van der Waals surface area contributed by atoms with E-state index in [0.29, 0.717) is 6.04 Å². The molecule has 1 aliphatic rings. The largest absolute Gasteiger partial charge is 0.369 e. The van der Waals surface area contributed by atoms with Crippen LogP contribution in [0.25, 0.3) is 0 Å². The van der Waals surface area contributed by atoms with Gasteiger partial charge in [0.05, 0.1) is 18.4 Å². The van der Waals surface area contributed by atoms with Crippen LogP contribution in [0.5, 0.6) is 0 Å². The highest BCUT2D eigenvalue weighted by Crippen LogP contribution is 2.33. The van der Waals surface area contributed by atoms with Gasteiger partial charge in [0.25, 0.3) is 0 Å². The minimum absolute atomic E-state index is 0.428.